The van der Waals surface area contributed by atoms with Gasteiger partial charge in [0.05, 0.1) is 0 Å². The number of carbonyl (C=O) groups excluding carboxylic acids is 2. The third-order valence-electron chi connectivity index (χ3n) is 3.19. The van der Waals surface area contributed by atoms with Crippen LogP contribution in [0.1, 0.15) is 30.1 Å². The van der Waals surface area contributed by atoms with Crippen LogP contribution in [0.2, 0.25) is 0 Å². The van der Waals surface area contributed by atoms with Crippen LogP contribution in [0.25, 0.3) is 0 Å². The minimum Gasteiger partial charge on any atom is -0.454 e. The molecule has 0 fully saturated rings. The predicted molar refractivity (Wildman–Crippen MR) is 92.3 cm³/mol. The average molecular weight is 339 g/mol. The third kappa shape index (κ3) is 5.49. The summed E-state index contributed by atoms with van der Waals surface area (Å²) in [7, 11) is 0. The first-order chi connectivity index (χ1) is 12.1. The summed E-state index contributed by atoms with van der Waals surface area (Å²) in [5, 5.41) is 0. The molecule has 0 heterocycles. The second-order valence-electron chi connectivity index (χ2n) is 5.09. The van der Waals surface area contributed by atoms with E-state index in [2.05, 4.69) is 12.6 Å². The van der Waals surface area contributed by atoms with Gasteiger partial charge in [-0.15, -0.1) is 0 Å². The Labute approximate surface area is 146 Å². The monoisotopic (exact) mass is 339 g/mol. The highest BCUT2D eigenvalue weighted by Crippen LogP contribution is 2.23. The van der Waals surface area contributed by atoms with E-state index in [1.807, 2.05) is 6.92 Å². The van der Waals surface area contributed by atoms with E-state index < -0.39 is 18.2 Å². The van der Waals surface area contributed by atoms with Gasteiger partial charge in [0.15, 0.2) is 0 Å². The highest BCUT2D eigenvalue weighted by atomic mass is 16.7. The van der Waals surface area contributed by atoms with Crippen LogP contribution in [0, 0.1) is 6.07 Å². The van der Waals surface area contributed by atoms with E-state index in [0.717, 1.165) is 12.5 Å². The van der Waals surface area contributed by atoms with Gasteiger partial charge in [0.1, 0.15) is 17.1 Å². The van der Waals surface area contributed by atoms with Gasteiger partial charge >= 0.3 is 11.9 Å². The molecule has 2 rings (SSSR count). The molecule has 0 aliphatic carbocycles. The lowest BCUT2D eigenvalue weighted by atomic mass is 10.2. The summed E-state index contributed by atoms with van der Waals surface area (Å²) in [5.74, 6) is -0.579. The van der Waals surface area contributed by atoms with Gasteiger partial charge < -0.3 is 14.2 Å². The maximum absolute atomic E-state index is 12.4. The number of benzene rings is 2. The molecule has 5 heteroatoms. The summed E-state index contributed by atoms with van der Waals surface area (Å²) in [4.78, 5) is 23.8. The van der Waals surface area contributed by atoms with Crippen molar-refractivity contribution in [3.63, 3.8) is 0 Å². The van der Waals surface area contributed by atoms with Crippen molar-refractivity contribution in [1.82, 2.24) is 0 Å². The first-order valence-corrected chi connectivity index (χ1v) is 7.91. The molecule has 0 aliphatic rings. The van der Waals surface area contributed by atoms with Crippen LogP contribution in [0.4, 0.5) is 0 Å². The average Bonchev–Trinajstić information content (AvgIpc) is 2.63. The smallest absolute Gasteiger partial charge is 0.347 e. The van der Waals surface area contributed by atoms with Crippen LogP contribution in [0.5, 0.6) is 11.5 Å². The zero-order chi connectivity index (χ0) is 18.1. The Morgan fingerprint density at radius 2 is 1.96 bits per heavy atom. The van der Waals surface area contributed by atoms with Crippen LogP contribution in [-0.2, 0) is 9.53 Å². The van der Waals surface area contributed by atoms with Crippen molar-refractivity contribution in [2.75, 3.05) is 0 Å². The molecule has 129 valence electrons. The minimum absolute atomic E-state index is 0.232. The zero-order valence-electron chi connectivity index (χ0n) is 13.9. The van der Waals surface area contributed by atoms with Crippen molar-refractivity contribution in [2.45, 2.75) is 26.1 Å². The lowest BCUT2D eigenvalue weighted by Gasteiger charge is -2.19. The number of para-hydroxylation sites is 2. The van der Waals surface area contributed by atoms with Gasteiger partial charge in [0.25, 0.3) is 0 Å². The van der Waals surface area contributed by atoms with Crippen LogP contribution in [0.3, 0.4) is 0 Å². The fourth-order valence-electron chi connectivity index (χ4n) is 2.03. The standard InChI is InChI=1S/C20H19O5/c1-3-10-19(25-18(21)4-2)24-17-14-9-8-13-16(17)20(22)23-15-11-6-5-7-12-15/h4-9,11,13-14,19H,2-3,10H2,1H3. The first-order valence-electron chi connectivity index (χ1n) is 7.91. The lowest BCUT2D eigenvalue weighted by Crippen LogP contribution is -2.24. The summed E-state index contributed by atoms with van der Waals surface area (Å²) in [6.45, 7) is 5.30. The Morgan fingerprint density at radius 3 is 2.64 bits per heavy atom. The van der Waals surface area contributed by atoms with E-state index >= 15 is 0 Å². The van der Waals surface area contributed by atoms with Gasteiger partial charge in [0.2, 0.25) is 6.29 Å². The molecule has 0 bridgehead atoms. The molecule has 5 nitrogen and oxygen atoms in total. The maximum atomic E-state index is 12.4. The predicted octanol–water partition coefficient (Wildman–Crippen LogP) is 3.94. The molecule has 0 amide bonds. The Balaban J connectivity index is 2.16. The number of carbonyl (C=O) groups is 2. The van der Waals surface area contributed by atoms with Gasteiger partial charge in [-0.05, 0) is 24.6 Å². The fourth-order valence-corrected chi connectivity index (χ4v) is 2.03. The van der Waals surface area contributed by atoms with E-state index in [1.54, 1.807) is 48.5 Å². The molecule has 0 N–H and O–H groups in total. The highest BCUT2D eigenvalue weighted by molar-refractivity contribution is 5.94. The van der Waals surface area contributed by atoms with Crippen molar-refractivity contribution in [2.24, 2.45) is 0 Å². The summed E-state index contributed by atoms with van der Waals surface area (Å²) >= 11 is 0. The zero-order valence-corrected chi connectivity index (χ0v) is 13.9. The molecular formula is C20H19O5. The Bertz CT molecular complexity index is 724. The number of hydrogen-bond acceptors (Lipinski definition) is 5. The van der Waals surface area contributed by atoms with Crippen LogP contribution < -0.4 is 9.47 Å². The molecule has 1 atom stereocenters. The van der Waals surface area contributed by atoms with Crippen molar-refractivity contribution in [1.29, 1.82) is 0 Å². The number of ether oxygens (including phenoxy) is 3. The molecule has 0 aromatic heterocycles. The molecule has 0 saturated carbocycles. The van der Waals surface area contributed by atoms with E-state index in [4.69, 9.17) is 14.2 Å². The summed E-state index contributed by atoms with van der Waals surface area (Å²) in [6, 6.07) is 16.2. The summed E-state index contributed by atoms with van der Waals surface area (Å²) < 4.78 is 16.2. The molecule has 2 aromatic carbocycles. The lowest BCUT2D eigenvalue weighted by molar-refractivity contribution is -0.158. The van der Waals surface area contributed by atoms with Crippen LogP contribution in [-0.4, -0.2) is 18.2 Å². The molecule has 0 spiro atoms. The second-order valence-corrected chi connectivity index (χ2v) is 5.09. The maximum Gasteiger partial charge on any atom is 0.347 e. The van der Waals surface area contributed by atoms with E-state index in [9.17, 15) is 9.59 Å². The van der Waals surface area contributed by atoms with Crippen LogP contribution in [0.15, 0.2) is 61.2 Å². The van der Waals surface area contributed by atoms with Gasteiger partial charge in [0, 0.05) is 18.6 Å². The normalized spacial score (nSPS) is 11.2. The van der Waals surface area contributed by atoms with Crippen molar-refractivity contribution < 1.29 is 23.8 Å². The Hall–Kier alpha value is -3.08. The molecule has 2 aromatic rings. The van der Waals surface area contributed by atoms with Crippen molar-refractivity contribution >= 4 is 11.9 Å². The summed E-state index contributed by atoms with van der Waals surface area (Å²) in [5.41, 5.74) is 0.232. The highest BCUT2D eigenvalue weighted by Gasteiger charge is 2.19. The second kappa shape index (κ2) is 9.27. The molecule has 0 saturated heterocycles. The Kier molecular flexibility index (Phi) is 6.77. The van der Waals surface area contributed by atoms with Gasteiger partial charge in [-0.1, -0.05) is 43.8 Å². The molecule has 0 aliphatic heterocycles. The molecule has 25 heavy (non-hydrogen) atoms. The van der Waals surface area contributed by atoms with E-state index in [-0.39, 0.29) is 11.3 Å². The minimum atomic E-state index is -0.812. The molecule has 1 unspecified atom stereocenters. The molecular weight excluding hydrogens is 320 g/mol. The summed E-state index contributed by atoms with van der Waals surface area (Å²) in [6.07, 6.45) is 1.47. The Morgan fingerprint density at radius 1 is 1.20 bits per heavy atom. The van der Waals surface area contributed by atoms with Gasteiger partial charge in [-0.2, -0.15) is 0 Å². The number of rotatable bonds is 8. The topological polar surface area (TPSA) is 61.8 Å². The van der Waals surface area contributed by atoms with Crippen molar-refractivity contribution in [3.8, 4) is 11.5 Å². The van der Waals surface area contributed by atoms with E-state index in [1.165, 1.54) is 0 Å². The largest absolute Gasteiger partial charge is 0.454 e. The van der Waals surface area contributed by atoms with E-state index in [0.29, 0.717) is 12.2 Å². The third-order valence-corrected chi connectivity index (χ3v) is 3.19. The first kappa shape index (κ1) is 18.3. The molecule has 1 radical (unpaired) electrons. The van der Waals surface area contributed by atoms with Gasteiger partial charge in [-0.3, -0.25) is 0 Å². The fraction of sp³-hybridized carbons (Fsp3) is 0.200. The van der Waals surface area contributed by atoms with Gasteiger partial charge in [-0.25, -0.2) is 9.59 Å². The number of hydrogen-bond donors (Lipinski definition) is 0. The SMILES string of the molecule is C=CC(=O)OC(CCC)Oc1ccccc1C(=O)Oc1[c]cccc1. The van der Waals surface area contributed by atoms with Crippen molar-refractivity contribution in [3.05, 3.63) is 72.8 Å². The van der Waals surface area contributed by atoms with Crippen LogP contribution >= 0.6 is 0 Å². The number of esters is 2. The quantitative estimate of drug-likeness (QED) is 0.315.